The fourth-order valence-corrected chi connectivity index (χ4v) is 6.17. The third kappa shape index (κ3) is 8.35. The predicted molar refractivity (Wildman–Crippen MR) is 178 cm³/mol. The summed E-state index contributed by atoms with van der Waals surface area (Å²) in [6, 6.07) is 34.7. The van der Waals surface area contributed by atoms with Gasteiger partial charge in [0.05, 0.1) is 25.2 Å². The van der Waals surface area contributed by atoms with Crippen LogP contribution >= 0.6 is 11.8 Å². The van der Waals surface area contributed by atoms with E-state index in [0.29, 0.717) is 34.4 Å². The number of anilines is 1. The smallest absolute Gasteiger partial charge is 0.303 e. The molecule has 0 spiro atoms. The van der Waals surface area contributed by atoms with Gasteiger partial charge < -0.3 is 29.4 Å². The van der Waals surface area contributed by atoms with Crippen LogP contribution in [0.5, 0.6) is 0 Å². The third-order valence-electron chi connectivity index (χ3n) is 7.71. The quantitative estimate of drug-likeness (QED) is 0.117. The lowest BCUT2D eigenvalue weighted by molar-refractivity contribution is -0.245. The predicted octanol–water partition coefficient (Wildman–Crippen LogP) is 7.64. The summed E-state index contributed by atoms with van der Waals surface area (Å²) in [6.07, 6.45) is -1.09. The third-order valence-corrected chi connectivity index (χ3v) is 8.67. The number of carbonyl (C=O) groups is 2. The number of hydrogen-bond donors (Lipinski definition) is 3. The first-order valence-electron chi connectivity index (χ1n) is 15.3. The Kier molecular flexibility index (Phi) is 10.4. The molecule has 47 heavy (non-hydrogen) atoms. The van der Waals surface area contributed by atoms with Crippen LogP contribution in [0.3, 0.4) is 0 Å². The molecular formula is C37H34N2O7S. The van der Waals surface area contributed by atoms with Gasteiger partial charge in [0.2, 0.25) is 5.91 Å². The highest BCUT2D eigenvalue weighted by atomic mass is 32.2. The summed E-state index contributed by atoms with van der Waals surface area (Å²) in [4.78, 5) is 28.1. The van der Waals surface area contributed by atoms with Crippen molar-refractivity contribution in [2.24, 2.45) is 0 Å². The van der Waals surface area contributed by atoms with Crippen LogP contribution in [-0.4, -0.2) is 38.9 Å². The zero-order valence-electron chi connectivity index (χ0n) is 25.5. The summed E-state index contributed by atoms with van der Waals surface area (Å²) >= 11 is 1.47. The molecule has 10 heteroatoms. The summed E-state index contributed by atoms with van der Waals surface area (Å²) in [5.41, 5.74) is 5.67. The molecule has 4 aromatic carbocycles. The largest absolute Gasteiger partial charge is 0.481 e. The molecule has 3 atom stereocenters. The zero-order valence-corrected chi connectivity index (χ0v) is 26.3. The second-order valence-corrected chi connectivity index (χ2v) is 12.1. The molecular weight excluding hydrogens is 616 g/mol. The molecule has 1 amide bonds. The summed E-state index contributed by atoms with van der Waals surface area (Å²) in [5, 5.41) is 21.7. The highest BCUT2D eigenvalue weighted by Gasteiger charge is 2.33. The number of carboxylic acid groups (broad SMARTS) is 1. The van der Waals surface area contributed by atoms with Crippen molar-refractivity contribution >= 4 is 29.3 Å². The minimum Gasteiger partial charge on any atom is -0.481 e. The van der Waals surface area contributed by atoms with Crippen molar-refractivity contribution in [1.82, 2.24) is 4.98 Å². The number of nitrogens with one attached hydrogen (secondary N) is 1. The molecule has 240 valence electrons. The molecule has 1 saturated heterocycles. The molecule has 1 fully saturated rings. The number of amides is 1. The van der Waals surface area contributed by atoms with Gasteiger partial charge in [-0.2, -0.15) is 0 Å². The van der Waals surface area contributed by atoms with Gasteiger partial charge in [-0.25, -0.2) is 4.98 Å². The van der Waals surface area contributed by atoms with Crippen LogP contribution in [-0.2, 0) is 25.7 Å². The number of aliphatic carboxylic acids is 1. The Morgan fingerprint density at radius 2 is 1.55 bits per heavy atom. The van der Waals surface area contributed by atoms with E-state index in [1.165, 1.54) is 11.8 Å². The fourth-order valence-electron chi connectivity index (χ4n) is 5.33. The lowest BCUT2D eigenvalue weighted by atomic mass is 10.0. The van der Waals surface area contributed by atoms with Gasteiger partial charge in [0.15, 0.2) is 12.1 Å². The van der Waals surface area contributed by atoms with Gasteiger partial charge in [0, 0.05) is 41.0 Å². The lowest BCUT2D eigenvalue weighted by Crippen LogP contribution is -2.31. The Hall–Kier alpha value is -4.74. The Morgan fingerprint density at radius 3 is 2.26 bits per heavy atom. The van der Waals surface area contributed by atoms with E-state index in [4.69, 9.17) is 24.0 Å². The summed E-state index contributed by atoms with van der Waals surface area (Å²) < 4.78 is 19.3. The first-order chi connectivity index (χ1) is 22.9. The average molecular weight is 651 g/mol. The van der Waals surface area contributed by atoms with Gasteiger partial charge >= 0.3 is 5.97 Å². The second-order valence-electron chi connectivity index (χ2n) is 11.1. The van der Waals surface area contributed by atoms with E-state index >= 15 is 0 Å². The normalized spacial score (nSPS) is 17.7. The molecule has 2 heterocycles. The highest BCUT2D eigenvalue weighted by molar-refractivity contribution is 7.99. The Balaban J connectivity index is 1.23. The number of ether oxygens (including phenoxy) is 2. The number of oxazole rings is 1. The van der Waals surface area contributed by atoms with E-state index in [0.717, 1.165) is 27.9 Å². The van der Waals surface area contributed by atoms with E-state index < -0.39 is 12.3 Å². The van der Waals surface area contributed by atoms with Crippen molar-refractivity contribution < 1.29 is 33.7 Å². The number of carboxylic acids is 1. The monoisotopic (exact) mass is 650 g/mol. The maximum Gasteiger partial charge on any atom is 0.303 e. The fraction of sp³-hybridized carbons (Fsp3) is 0.216. The molecule has 1 aromatic heterocycles. The number of benzene rings is 4. The molecule has 3 N–H and O–H groups in total. The molecule has 0 saturated carbocycles. The van der Waals surface area contributed by atoms with Crippen LogP contribution in [0.25, 0.3) is 22.6 Å². The molecule has 0 unspecified atom stereocenters. The minimum atomic E-state index is -1.03. The average Bonchev–Trinajstić information content (AvgIpc) is 3.55. The number of carbonyl (C=O) groups excluding carboxylic acids is 1. The van der Waals surface area contributed by atoms with Crippen molar-refractivity contribution in [3.8, 4) is 22.6 Å². The van der Waals surface area contributed by atoms with Crippen LogP contribution in [0.15, 0.2) is 119 Å². The number of nitrogens with zero attached hydrogens (tertiary/aromatic N) is 1. The van der Waals surface area contributed by atoms with Crippen molar-refractivity contribution in [3.63, 3.8) is 0 Å². The first kappa shape index (κ1) is 32.2. The van der Waals surface area contributed by atoms with Gasteiger partial charge in [-0.3, -0.25) is 9.59 Å². The van der Waals surface area contributed by atoms with E-state index in [1.807, 2.05) is 91.0 Å². The standard InChI is InChI=1S/C37H34N2O7S/c40-22-24-14-16-25(17-15-24)31-21-30(44-36(45-31)28-12-7-13-29(20-28)38-32(41)18-19-33(42)43)23-47-37-39-34(26-8-3-1-4-9-26)35(46-37)27-10-5-2-6-11-27/h1-17,20,30-31,36,40H,18-19,21-23H2,(H,38,41)(H,42,43)/t30-,31+,36+/m0/s1. The summed E-state index contributed by atoms with van der Waals surface area (Å²) in [7, 11) is 0. The molecule has 1 aliphatic rings. The minimum absolute atomic E-state index is 0.0477. The summed E-state index contributed by atoms with van der Waals surface area (Å²) in [6.45, 7) is -0.0477. The van der Waals surface area contributed by atoms with Crippen LogP contribution in [0, 0.1) is 0 Å². The number of thioether (sulfide) groups is 1. The molecule has 0 aliphatic carbocycles. The highest BCUT2D eigenvalue weighted by Crippen LogP contribution is 2.41. The second kappa shape index (κ2) is 15.2. The first-order valence-corrected chi connectivity index (χ1v) is 16.3. The zero-order chi connectivity index (χ0) is 32.6. The number of aromatic nitrogens is 1. The van der Waals surface area contributed by atoms with Gasteiger partial charge in [-0.15, -0.1) is 0 Å². The maximum atomic E-state index is 12.3. The molecule has 0 radical (unpaired) electrons. The number of hydrogen-bond acceptors (Lipinski definition) is 8. The van der Waals surface area contributed by atoms with Crippen molar-refractivity contribution in [2.75, 3.05) is 11.1 Å². The number of aliphatic hydroxyl groups is 1. The van der Waals surface area contributed by atoms with E-state index in [2.05, 4.69) is 5.32 Å². The molecule has 0 bridgehead atoms. The molecule has 9 nitrogen and oxygen atoms in total. The van der Waals surface area contributed by atoms with E-state index in [9.17, 15) is 14.7 Å². The van der Waals surface area contributed by atoms with Gasteiger partial charge in [-0.1, -0.05) is 109 Å². The number of aliphatic hydroxyl groups excluding tert-OH is 1. The van der Waals surface area contributed by atoms with Gasteiger partial charge in [-0.05, 0) is 23.3 Å². The van der Waals surface area contributed by atoms with E-state index in [1.54, 1.807) is 18.2 Å². The van der Waals surface area contributed by atoms with Crippen molar-refractivity contribution in [2.45, 2.75) is 49.6 Å². The molecule has 5 aromatic rings. The topological polar surface area (TPSA) is 131 Å². The SMILES string of the molecule is O=C(O)CCC(=O)Nc1cccc([C@@H]2O[C@H](CSc3nc(-c4ccccc4)c(-c4ccccc4)o3)C[C@H](c3ccc(CO)cc3)O2)c1. The van der Waals surface area contributed by atoms with Crippen LogP contribution in [0.1, 0.15) is 48.3 Å². The Bertz CT molecular complexity index is 1740. The Morgan fingerprint density at radius 1 is 0.830 bits per heavy atom. The van der Waals surface area contributed by atoms with Gasteiger partial charge in [0.1, 0.15) is 5.69 Å². The van der Waals surface area contributed by atoms with Gasteiger partial charge in [0.25, 0.3) is 5.22 Å². The summed E-state index contributed by atoms with van der Waals surface area (Å²) in [5.74, 6) is -0.173. The molecule has 6 rings (SSSR count). The van der Waals surface area contributed by atoms with Crippen molar-refractivity contribution in [3.05, 3.63) is 126 Å². The van der Waals surface area contributed by atoms with Crippen molar-refractivity contribution in [1.29, 1.82) is 0 Å². The van der Waals surface area contributed by atoms with E-state index in [-0.39, 0.29) is 37.6 Å². The lowest BCUT2D eigenvalue weighted by Gasteiger charge is -2.36. The number of rotatable bonds is 12. The van der Waals surface area contributed by atoms with Crippen LogP contribution in [0.2, 0.25) is 0 Å². The van der Waals surface area contributed by atoms with Crippen LogP contribution < -0.4 is 5.32 Å². The Labute approximate surface area is 276 Å². The van der Waals surface area contributed by atoms with Crippen LogP contribution in [0.4, 0.5) is 5.69 Å². The molecule has 1 aliphatic heterocycles. The maximum absolute atomic E-state index is 12.3.